The van der Waals surface area contributed by atoms with Crippen LogP contribution in [-0.4, -0.2) is 23.7 Å². The fourth-order valence-corrected chi connectivity index (χ4v) is 2.74. The van der Waals surface area contributed by atoms with Crippen molar-refractivity contribution in [3.8, 4) is 0 Å². The fraction of sp³-hybridized carbons (Fsp3) is 0.267. The third-order valence-corrected chi connectivity index (χ3v) is 3.83. The Morgan fingerprint density at radius 3 is 2.83 bits per heavy atom. The molecule has 1 amide bonds. The van der Waals surface area contributed by atoms with Crippen LogP contribution in [0.3, 0.4) is 0 Å². The number of hydrazine groups is 1. The van der Waals surface area contributed by atoms with E-state index in [0.717, 1.165) is 24.2 Å². The molecule has 0 fully saturated rings. The van der Waals surface area contributed by atoms with Gasteiger partial charge in [0.1, 0.15) is 0 Å². The Labute approximate surface area is 139 Å². The number of amides is 1. The van der Waals surface area contributed by atoms with Crippen LogP contribution in [0.25, 0.3) is 0 Å². The van der Waals surface area contributed by atoms with Crippen LogP contribution in [0, 0.1) is 0 Å². The summed E-state index contributed by atoms with van der Waals surface area (Å²) in [5.41, 5.74) is 5.47. The van der Waals surface area contributed by atoms with Gasteiger partial charge in [0.15, 0.2) is 5.13 Å². The highest BCUT2D eigenvalue weighted by molar-refractivity contribution is 7.13. The van der Waals surface area contributed by atoms with E-state index in [1.165, 1.54) is 23.8 Å². The Morgan fingerprint density at radius 2 is 2.13 bits per heavy atom. The molecule has 23 heavy (non-hydrogen) atoms. The molecule has 0 aliphatic carbocycles. The first-order valence-corrected chi connectivity index (χ1v) is 8.07. The zero-order valence-electron chi connectivity index (χ0n) is 12.9. The summed E-state index contributed by atoms with van der Waals surface area (Å²) in [6.45, 7) is 2.09. The largest absolute Gasteiger partial charge is 0.380 e. The number of nitrogens with one attached hydrogen (secondary N) is 3. The van der Waals surface area contributed by atoms with E-state index in [0.29, 0.717) is 11.7 Å². The Bertz CT molecular complexity index is 652. The maximum absolute atomic E-state index is 11.0. The quantitative estimate of drug-likeness (QED) is 0.335. The summed E-state index contributed by atoms with van der Waals surface area (Å²) in [5.74, 6) is 4.94. The molecule has 0 saturated heterocycles. The number of carbonyl (C=O) groups is 1. The zero-order valence-corrected chi connectivity index (χ0v) is 13.7. The smallest absolute Gasteiger partial charge is 0.223 e. The van der Waals surface area contributed by atoms with Gasteiger partial charge in [0.2, 0.25) is 5.91 Å². The van der Waals surface area contributed by atoms with Crippen LogP contribution in [0.5, 0.6) is 0 Å². The number of aryl methyl sites for hydroxylation is 2. The van der Waals surface area contributed by atoms with Crippen molar-refractivity contribution in [2.24, 2.45) is 10.9 Å². The third kappa shape index (κ3) is 6.05. The number of hydrogen-bond donors (Lipinski definition) is 4. The van der Waals surface area contributed by atoms with Gasteiger partial charge in [-0.05, 0) is 30.5 Å². The molecular weight excluding hydrogens is 312 g/mol. The highest BCUT2D eigenvalue weighted by Gasteiger charge is 2.04. The maximum atomic E-state index is 11.0. The minimum atomic E-state index is -0.0960. The number of nitrogens with two attached hydrogens (primary N) is 1. The van der Waals surface area contributed by atoms with E-state index in [2.05, 4.69) is 38.4 Å². The second kappa shape index (κ2) is 8.86. The summed E-state index contributed by atoms with van der Waals surface area (Å²) in [4.78, 5) is 15.4. The molecule has 1 aromatic heterocycles. The Hall–Kier alpha value is -2.45. The maximum Gasteiger partial charge on any atom is 0.223 e. The minimum absolute atomic E-state index is 0.0960. The van der Waals surface area contributed by atoms with Crippen LogP contribution in [0.15, 0.2) is 34.7 Å². The van der Waals surface area contributed by atoms with Gasteiger partial charge in [0, 0.05) is 24.2 Å². The first-order chi connectivity index (χ1) is 11.2. The molecular formula is C15H20N6OS. The first-order valence-electron chi connectivity index (χ1n) is 7.19. The van der Waals surface area contributed by atoms with Crippen LogP contribution in [0.4, 0.5) is 10.8 Å². The van der Waals surface area contributed by atoms with Gasteiger partial charge in [-0.1, -0.05) is 12.1 Å². The van der Waals surface area contributed by atoms with Gasteiger partial charge in [-0.3, -0.25) is 4.79 Å². The summed E-state index contributed by atoms with van der Waals surface area (Å²) < 4.78 is 0. The zero-order chi connectivity index (χ0) is 16.5. The Kier molecular flexibility index (Phi) is 6.52. The predicted molar refractivity (Wildman–Crippen MR) is 94.6 cm³/mol. The Balaban J connectivity index is 1.80. The number of hydrazone groups is 1. The highest BCUT2D eigenvalue weighted by Crippen LogP contribution is 2.17. The fourth-order valence-electron chi connectivity index (χ4n) is 1.95. The van der Waals surface area contributed by atoms with Crippen molar-refractivity contribution in [2.75, 3.05) is 17.2 Å². The van der Waals surface area contributed by atoms with E-state index in [9.17, 15) is 4.79 Å². The highest BCUT2D eigenvalue weighted by atomic mass is 32.1. The molecule has 0 aliphatic heterocycles. The number of aromatic nitrogens is 1. The van der Waals surface area contributed by atoms with Crippen molar-refractivity contribution in [1.82, 2.24) is 10.5 Å². The molecule has 1 heterocycles. The van der Waals surface area contributed by atoms with Gasteiger partial charge in [-0.15, -0.1) is 11.3 Å². The molecule has 0 radical (unpaired) electrons. The van der Waals surface area contributed by atoms with Crippen LogP contribution in [0.1, 0.15) is 18.2 Å². The monoisotopic (exact) mass is 332 g/mol. The second-order valence-corrected chi connectivity index (χ2v) is 5.70. The lowest BCUT2D eigenvalue weighted by Crippen LogP contribution is -2.15. The number of benzene rings is 1. The van der Waals surface area contributed by atoms with Crippen LogP contribution in [0.2, 0.25) is 0 Å². The van der Waals surface area contributed by atoms with E-state index in [1.54, 1.807) is 6.21 Å². The second-order valence-electron chi connectivity index (χ2n) is 4.84. The number of rotatable bonds is 8. The van der Waals surface area contributed by atoms with E-state index >= 15 is 0 Å². The number of thiazole rings is 1. The number of hydrogen-bond acceptors (Lipinski definition) is 7. The van der Waals surface area contributed by atoms with Crippen molar-refractivity contribution in [3.63, 3.8) is 0 Å². The van der Waals surface area contributed by atoms with Crippen LogP contribution in [-0.2, 0) is 17.6 Å². The molecule has 0 bridgehead atoms. The summed E-state index contributed by atoms with van der Waals surface area (Å²) in [5, 5.41) is 12.2. The summed E-state index contributed by atoms with van der Waals surface area (Å²) in [6.07, 6.45) is 3.41. The summed E-state index contributed by atoms with van der Waals surface area (Å²) in [7, 11) is 0. The molecule has 2 rings (SSSR count). The minimum Gasteiger partial charge on any atom is -0.380 e. The van der Waals surface area contributed by atoms with Gasteiger partial charge >= 0.3 is 0 Å². The van der Waals surface area contributed by atoms with E-state index < -0.39 is 0 Å². The van der Waals surface area contributed by atoms with Gasteiger partial charge < -0.3 is 10.6 Å². The summed E-state index contributed by atoms with van der Waals surface area (Å²) >= 11 is 1.45. The van der Waals surface area contributed by atoms with E-state index in [1.807, 2.05) is 17.5 Å². The van der Waals surface area contributed by atoms with Gasteiger partial charge in [-0.2, -0.15) is 5.10 Å². The average molecular weight is 332 g/mol. The number of nitrogens with zero attached hydrogens (tertiary/aromatic N) is 2. The molecule has 0 unspecified atom stereocenters. The summed E-state index contributed by atoms with van der Waals surface area (Å²) in [6, 6.07) is 8.23. The van der Waals surface area contributed by atoms with E-state index in [-0.39, 0.29) is 5.91 Å². The average Bonchev–Trinajstić information content (AvgIpc) is 2.97. The van der Waals surface area contributed by atoms with Crippen LogP contribution < -0.4 is 22.0 Å². The molecule has 122 valence electrons. The van der Waals surface area contributed by atoms with Gasteiger partial charge in [0.25, 0.3) is 0 Å². The molecule has 0 atom stereocenters. The lowest BCUT2D eigenvalue weighted by molar-refractivity contribution is -0.114. The molecule has 7 nitrogen and oxygen atoms in total. The molecule has 5 N–H and O–H groups in total. The molecule has 2 aromatic rings. The first kappa shape index (κ1) is 16.9. The lowest BCUT2D eigenvalue weighted by Gasteiger charge is -2.05. The number of anilines is 2. The third-order valence-electron chi connectivity index (χ3n) is 3.02. The van der Waals surface area contributed by atoms with Crippen molar-refractivity contribution in [2.45, 2.75) is 19.8 Å². The lowest BCUT2D eigenvalue weighted by atomic mass is 10.1. The number of carbonyl (C=O) groups excluding carboxylic acids is 1. The Morgan fingerprint density at radius 1 is 1.35 bits per heavy atom. The standard InChI is InChI=1S/C15H20N6OS/c1-11(22)19-15-20-14(10-23-15)7-4-12-2-5-13(6-3-12)17-8-9-18-21-16/h2-3,5-6,9-10,17,21H,4,7-8,16H2,1H3,(H,19,20,22). The molecule has 0 saturated carbocycles. The predicted octanol–water partition coefficient (Wildman–Crippen LogP) is 1.75. The molecule has 8 heteroatoms. The molecule has 0 spiro atoms. The molecule has 1 aromatic carbocycles. The van der Waals surface area contributed by atoms with Crippen molar-refractivity contribution in [3.05, 3.63) is 40.9 Å². The topological polar surface area (TPSA) is 104 Å². The van der Waals surface area contributed by atoms with Crippen molar-refractivity contribution < 1.29 is 4.79 Å². The van der Waals surface area contributed by atoms with Crippen molar-refractivity contribution >= 4 is 34.3 Å². The SMILES string of the molecule is CC(=O)Nc1nc(CCc2ccc(NCC=NNN)cc2)cs1. The molecule has 0 aliphatic rings. The van der Waals surface area contributed by atoms with Gasteiger partial charge in [0.05, 0.1) is 12.2 Å². The van der Waals surface area contributed by atoms with Crippen molar-refractivity contribution in [1.29, 1.82) is 0 Å². The van der Waals surface area contributed by atoms with E-state index in [4.69, 9.17) is 5.84 Å². The van der Waals surface area contributed by atoms with Crippen LogP contribution >= 0.6 is 11.3 Å². The van der Waals surface area contributed by atoms with Gasteiger partial charge in [-0.25, -0.2) is 16.4 Å². The normalized spacial score (nSPS) is 10.7.